The lowest BCUT2D eigenvalue weighted by Crippen LogP contribution is -2.49. The molecule has 3 aromatic carbocycles. The van der Waals surface area contributed by atoms with Crippen LogP contribution >= 0.6 is 0 Å². The predicted octanol–water partition coefficient (Wildman–Crippen LogP) is 3.81. The van der Waals surface area contributed by atoms with Crippen molar-refractivity contribution in [3.63, 3.8) is 0 Å². The van der Waals surface area contributed by atoms with Gasteiger partial charge in [0.15, 0.2) is 11.5 Å². The maximum Gasteiger partial charge on any atom is 0.337 e. The number of benzene rings is 3. The van der Waals surface area contributed by atoms with E-state index in [1.807, 2.05) is 32.9 Å². The first-order chi connectivity index (χ1) is 21.0. The van der Waals surface area contributed by atoms with Crippen LogP contribution in [0.15, 0.2) is 73.1 Å². The number of nitrogens with one attached hydrogen (secondary N) is 1. The van der Waals surface area contributed by atoms with E-state index in [2.05, 4.69) is 20.8 Å². The summed E-state index contributed by atoms with van der Waals surface area (Å²) in [7, 11) is 4.42. The highest BCUT2D eigenvalue weighted by atomic mass is 16.5. The number of carbonyl (C=O) groups is 3. The Morgan fingerprint density at radius 3 is 2.25 bits per heavy atom. The van der Waals surface area contributed by atoms with Crippen LogP contribution in [0, 0.1) is 0 Å². The molecule has 0 saturated heterocycles. The minimum absolute atomic E-state index is 0.171. The Balaban J connectivity index is 1.79. The second-order valence-corrected chi connectivity index (χ2v) is 11.0. The van der Waals surface area contributed by atoms with Crippen LogP contribution in [0.5, 0.6) is 11.5 Å². The molecule has 0 bridgehead atoms. The third kappa shape index (κ3) is 7.57. The molecule has 12 heteroatoms. The molecule has 0 aliphatic rings. The van der Waals surface area contributed by atoms with E-state index >= 15 is 0 Å². The van der Waals surface area contributed by atoms with Crippen LogP contribution in [0.1, 0.15) is 58.7 Å². The Morgan fingerprint density at radius 2 is 1.64 bits per heavy atom. The van der Waals surface area contributed by atoms with E-state index in [1.165, 1.54) is 23.0 Å². The molecule has 1 N–H and O–H groups in total. The summed E-state index contributed by atoms with van der Waals surface area (Å²) < 4.78 is 17.1. The number of methoxy groups -OCH3 is 3. The molecule has 0 aliphatic carbocycles. The molecule has 0 radical (unpaired) electrons. The molecule has 4 aromatic rings. The Bertz CT molecular complexity index is 1600. The molecule has 12 nitrogen and oxygen atoms in total. The van der Waals surface area contributed by atoms with Gasteiger partial charge in [0, 0.05) is 17.6 Å². The number of nitrogens with zero attached hydrogens (tertiary/aromatic N) is 5. The van der Waals surface area contributed by atoms with Gasteiger partial charge in [-0.25, -0.2) is 9.48 Å². The van der Waals surface area contributed by atoms with Crippen molar-refractivity contribution in [2.24, 2.45) is 0 Å². The highest BCUT2D eigenvalue weighted by Gasteiger charge is 2.34. The van der Waals surface area contributed by atoms with Gasteiger partial charge in [-0.15, -0.1) is 5.10 Å². The van der Waals surface area contributed by atoms with Crippen molar-refractivity contribution < 1.29 is 28.6 Å². The fraction of sp³-hybridized carbons (Fsp3) is 0.312. The van der Waals surface area contributed by atoms with Gasteiger partial charge in [0.05, 0.1) is 32.6 Å². The van der Waals surface area contributed by atoms with Crippen molar-refractivity contribution in [1.29, 1.82) is 0 Å². The fourth-order valence-electron chi connectivity index (χ4n) is 4.69. The number of carbonyl (C=O) groups excluding carboxylic acids is 3. The smallest absolute Gasteiger partial charge is 0.337 e. The van der Waals surface area contributed by atoms with E-state index < -0.39 is 17.6 Å². The zero-order valence-electron chi connectivity index (χ0n) is 25.6. The van der Waals surface area contributed by atoms with Crippen molar-refractivity contribution in [1.82, 2.24) is 30.4 Å². The molecule has 1 aromatic heterocycles. The Morgan fingerprint density at radius 1 is 0.909 bits per heavy atom. The summed E-state index contributed by atoms with van der Waals surface area (Å²) in [5.41, 5.74) is 2.06. The first-order valence-corrected chi connectivity index (χ1v) is 13.9. The summed E-state index contributed by atoms with van der Waals surface area (Å²) in [5, 5.41) is 14.3. The number of ether oxygens (including phenoxy) is 3. The van der Waals surface area contributed by atoms with E-state index in [4.69, 9.17) is 14.2 Å². The lowest BCUT2D eigenvalue weighted by molar-refractivity contribution is -0.127. The first kappa shape index (κ1) is 31.7. The number of aromatic nitrogens is 4. The van der Waals surface area contributed by atoms with E-state index in [9.17, 15) is 14.4 Å². The van der Waals surface area contributed by atoms with Crippen molar-refractivity contribution in [2.75, 3.05) is 27.9 Å². The zero-order chi connectivity index (χ0) is 31.9. The summed E-state index contributed by atoms with van der Waals surface area (Å²) in [4.78, 5) is 42.0. The molecule has 0 fully saturated rings. The van der Waals surface area contributed by atoms with Gasteiger partial charge < -0.3 is 24.4 Å². The molecule has 0 saturated carbocycles. The molecule has 0 aliphatic heterocycles. The second-order valence-electron chi connectivity index (χ2n) is 11.0. The molecule has 4 rings (SSSR count). The van der Waals surface area contributed by atoms with Gasteiger partial charge in [0.25, 0.3) is 5.91 Å². The fourth-order valence-corrected chi connectivity index (χ4v) is 4.69. The highest BCUT2D eigenvalue weighted by molar-refractivity contribution is 5.98. The predicted molar refractivity (Wildman–Crippen MR) is 162 cm³/mol. The minimum Gasteiger partial charge on any atom is -0.493 e. The third-order valence-electron chi connectivity index (χ3n) is 6.76. The number of rotatable bonds is 11. The topological polar surface area (TPSA) is 138 Å². The highest BCUT2D eigenvalue weighted by Crippen LogP contribution is 2.30. The summed E-state index contributed by atoms with van der Waals surface area (Å²) in [6, 6.07) is 17.8. The van der Waals surface area contributed by atoms with E-state index in [0.29, 0.717) is 40.3 Å². The Kier molecular flexibility index (Phi) is 9.94. The largest absolute Gasteiger partial charge is 0.493 e. The standard InChI is InChI=1S/C32H36N6O6/c1-32(2,3)34-29(39)28(22-11-13-23(14-12-22)31(41)44-6)37(17-16-21-10-15-26(42-4)27(18-21)43-5)30(40)24-8-7-9-25(19-24)38-20-33-35-36-38/h7-15,18-20,28H,16-17H2,1-6H3,(H,34,39)/t28-/m1/s1. The Labute approximate surface area is 255 Å². The van der Waals surface area contributed by atoms with Crippen LogP contribution in [-0.2, 0) is 16.0 Å². The van der Waals surface area contributed by atoms with Crippen molar-refractivity contribution in [2.45, 2.75) is 38.8 Å². The van der Waals surface area contributed by atoms with Crippen LogP contribution in [0.3, 0.4) is 0 Å². The van der Waals surface area contributed by atoms with E-state index in [1.54, 1.807) is 68.8 Å². The van der Waals surface area contributed by atoms with Crippen LogP contribution in [0.4, 0.5) is 0 Å². The quantitative estimate of drug-likeness (QED) is 0.255. The van der Waals surface area contributed by atoms with Crippen LogP contribution < -0.4 is 14.8 Å². The third-order valence-corrected chi connectivity index (χ3v) is 6.76. The molecule has 230 valence electrons. The van der Waals surface area contributed by atoms with Crippen LogP contribution in [0.2, 0.25) is 0 Å². The van der Waals surface area contributed by atoms with Gasteiger partial charge in [-0.2, -0.15) is 0 Å². The van der Waals surface area contributed by atoms with Crippen molar-refractivity contribution >= 4 is 17.8 Å². The number of hydrogen-bond acceptors (Lipinski definition) is 9. The van der Waals surface area contributed by atoms with Gasteiger partial charge in [-0.05, 0) is 91.2 Å². The maximum atomic E-state index is 14.4. The van der Waals surface area contributed by atoms with E-state index in [0.717, 1.165) is 5.56 Å². The lowest BCUT2D eigenvalue weighted by atomic mass is 9.98. The number of esters is 1. The van der Waals surface area contributed by atoms with Crippen LogP contribution in [-0.4, -0.2) is 76.3 Å². The summed E-state index contributed by atoms with van der Waals surface area (Å²) in [6.45, 7) is 5.78. The van der Waals surface area contributed by atoms with Crippen molar-refractivity contribution in [3.05, 3.63) is 95.3 Å². The van der Waals surface area contributed by atoms with Gasteiger partial charge in [0.2, 0.25) is 5.91 Å². The molecular formula is C32H36N6O6. The Hall–Kier alpha value is -5.26. The van der Waals surface area contributed by atoms with Gasteiger partial charge in [0.1, 0.15) is 12.4 Å². The molecule has 0 spiro atoms. The molecule has 2 amide bonds. The monoisotopic (exact) mass is 600 g/mol. The van der Waals surface area contributed by atoms with Crippen molar-refractivity contribution in [3.8, 4) is 17.2 Å². The summed E-state index contributed by atoms with van der Waals surface area (Å²) in [5.74, 6) is -0.130. The molecule has 0 unspecified atom stereocenters. The normalized spacial score (nSPS) is 11.8. The second kappa shape index (κ2) is 13.8. The number of amides is 2. The minimum atomic E-state index is -1.04. The van der Waals surface area contributed by atoms with Gasteiger partial charge in [-0.1, -0.05) is 24.3 Å². The number of tetrazole rings is 1. The maximum absolute atomic E-state index is 14.4. The lowest BCUT2D eigenvalue weighted by Gasteiger charge is -2.34. The molecular weight excluding hydrogens is 564 g/mol. The molecule has 44 heavy (non-hydrogen) atoms. The van der Waals surface area contributed by atoms with E-state index in [-0.39, 0.29) is 18.4 Å². The van der Waals surface area contributed by atoms with Gasteiger partial charge >= 0.3 is 5.97 Å². The zero-order valence-corrected chi connectivity index (χ0v) is 25.6. The molecule has 1 heterocycles. The van der Waals surface area contributed by atoms with Gasteiger partial charge in [-0.3, -0.25) is 9.59 Å². The summed E-state index contributed by atoms with van der Waals surface area (Å²) >= 11 is 0. The van der Waals surface area contributed by atoms with Crippen LogP contribution in [0.25, 0.3) is 5.69 Å². The average molecular weight is 601 g/mol. The summed E-state index contributed by atoms with van der Waals surface area (Å²) in [6.07, 6.45) is 1.83. The molecule has 1 atom stereocenters. The number of hydrogen-bond donors (Lipinski definition) is 1. The average Bonchev–Trinajstić information content (AvgIpc) is 3.57. The SMILES string of the molecule is COC(=O)c1ccc([C@H](C(=O)NC(C)(C)C)N(CCc2ccc(OC)c(OC)c2)C(=O)c2cccc(-n3cnnn3)c2)cc1. The first-order valence-electron chi connectivity index (χ1n) is 13.9.